The van der Waals surface area contributed by atoms with Crippen molar-refractivity contribution in [2.45, 2.75) is 19.9 Å². The van der Waals surface area contributed by atoms with E-state index in [0.29, 0.717) is 19.1 Å². The number of hydrogen-bond donors (Lipinski definition) is 3. The molecule has 1 unspecified atom stereocenters. The summed E-state index contributed by atoms with van der Waals surface area (Å²) in [5, 5.41) is 14.9. The number of halogens is 1. The lowest BCUT2D eigenvalue weighted by atomic mass is 10.4. The molecule has 0 aromatic rings. The first kappa shape index (κ1) is 17.3. The number of aliphatic imine (C=N–C) groups is 1. The number of aliphatic hydroxyl groups excluding tert-OH is 1. The van der Waals surface area contributed by atoms with Gasteiger partial charge in [0.2, 0.25) is 0 Å². The van der Waals surface area contributed by atoms with E-state index in [1.807, 2.05) is 13.8 Å². The van der Waals surface area contributed by atoms with Crippen LogP contribution in [-0.4, -0.2) is 50.5 Å². The predicted octanol–water partition coefficient (Wildman–Crippen LogP) is 0.187. The van der Waals surface area contributed by atoms with Crippen LogP contribution in [0.3, 0.4) is 0 Å². The van der Waals surface area contributed by atoms with Gasteiger partial charge in [-0.05, 0) is 13.8 Å². The Morgan fingerprint density at radius 1 is 1.53 bits per heavy atom. The van der Waals surface area contributed by atoms with E-state index in [1.165, 1.54) is 0 Å². The maximum Gasteiger partial charge on any atom is 0.191 e. The molecule has 1 atom stereocenters. The molecule has 0 aliphatic carbocycles. The Bertz CT molecular complexity index is 167. The molecule has 0 amide bonds. The largest absolute Gasteiger partial charge is 0.394 e. The Hall–Kier alpha value is -0.0800. The lowest BCUT2D eigenvalue weighted by Crippen LogP contribution is -2.44. The normalized spacial score (nSPS) is 12.9. The summed E-state index contributed by atoms with van der Waals surface area (Å²) in [6.07, 6.45) is 0. The summed E-state index contributed by atoms with van der Waals surface area (Å²) in [6.45, 7) is 5.91. The van der Waals surface area contributed by atoms with Crippen LogP contribution in [0.25, 0.3) is 0 Å². The first-order chi connectivity index (χ1) is 6.74. The van der Waals surface area contributed by atoms with E-state index in [0.717, 1.165) is 6.54 Å². The smallest absolute Gasteiger partial charge is 0.191 e. The number of guanidine groups is 1. The summed E-state index contributed by atoms with van der Waals surface area (Å²) in [6, 6.07) is 0.205. The fourth-order valence-corrected chi connectivity index (χ4v) is 1.01. The van der Waals surface area contributed by atoms with Crippen LogP contribution in [0.15, 0.2) is 4.99 Å². The lowest BCUT2D eigenvalue weighted by molar-refractivity contribution is 0.179. The van der Waals surface area contributed by atoms with Crippen molar-refractivity contribution >= 4 is 29.9 Å². The van der Waals surface area contributed by atoms with Gasteiger partial charge in [-0.2, -0.15) is 0 Å². The molecule has 15 heavy (non-hydrogen) atoms. The summed E-state index contributed by atoms with van der Waals surface area (Å²) in [4.78, 5) is 4.14. The maximum atomic E-state index is 8.63. The number of nitrogens with zero attached hydrogens (tertiary/aromatic N) is 1. The molecule has 3 N–H and O–H groups in total. The number of aliphatic hydroxyl groups is 1. The van der Waals surface area contributed by atoms with E-state index in [9.17, 15) is 0 Å². The van der Waals surface area contributed by atoms with Crippen molar-refractivity contribution < 1.29 is 9.84 Å². The third kappa shape index (κ3) is 10.2. The summed E-state index contributed by atoms with van der Waals surface area (Å²) in [5.41, 5.74) is 0. The molecular weight excluding hydrogens is 309 g/mol. The Kier molecular flexibility index (Phi) is 13.8. The molecule has 92 valence electrons. The molecule has 0 bridgehead atoms. The Morgan fingerprint density at radius 3 is 2.67 bits per heavy atom. The molecule has 0 fully saturated rings. The second-order valence-corrected chi connectivity index (χ2v) is 2.98. The van der Waals surface area contributed by atoms with Crippen molar-refractivity contribution in [2.24, 2.45) is 4.99 Å². The number of rotatable bonds is 6. The molecule has 0 aromatic carbocycles. The number of hydrogen-bond acceptors (Lipinski definition) is 3. The Morgan fingerprint density at radius 2 is 2.20 bits per heavy atom. The van der Waals surface area contributed by atoms with Crippen molar-refractivity contribution in [3.8, 4) is 0 Å². The van der Waals surface area contributed by atoms with Gasteiger partial charge in [0.15, 0.2) is 5.96 Å². The van der Waals surface area contributed by atoms with Crippen LogP contribution in [-0.2, 0) is 4.74 Å². The van der Waals surface area contributed by atoms with Crippen LogP contribution < -0.4 is 10.6 Å². The molecule has 0 heterocycles. The van der Waals surface area contributed by atoms with Gasteiger partial charge in [0.1, 0.15) is 0 Å². The number of ether oxygens (including phenoxy) is 1. The van der Waals surface area contributed by atoms with Gasteiger partial charge in [0.25, 0.3) is 0 Å². The van der Waals surface area contributed by atoms with Gasteiger partial charge in [-0.1, -0.05) is 0 Å². The topological polar surface area (TPSA) is 65.9 Å². The van der Waals surface area contributed by atoms with E-state index in [4.69, 9.17) is 9.84 Å². The zero-order valence-electron chi connectivity index (χ0n) is 9.62. The highest BCUT2D eigenvalue weighted by atomic mass is 127. The molecule has 0 rings (SSSR count). The third-order valence-electron chi connectivity index (χ3n) is 1.51. The van der Waals surface area contributed by atoms with Crippen LogP contribution in [0.5, 0.6) is 0 Å². The standard InChI is InChI=1S/C9H21N3O2.HI/c1-4-10-9(11-5-6-13)12-8(2)7-14-3;/h8,13H,4-7H2,1-3H3,(H2,10,11,12);1H. The van der Waals surface area contributed by atoms with E-state index >= 15 is 0 Å². The van der Waals surface area contributed by atoms with E-state index < -0.39 is 0 Å². The molecule has 0 spiro atoms. The number of methoxy groups -OCH3 is 1. The summed E-state index contributed by atoms with van der Waals surface area (Å²) < 4.78 is 4.99. The fourth-order valence-electron chi connectivity index (χ4n) is 1.01. The average molecular weight is 331 g/mol. The fraction of sp³-hybridized carbons (Fsp3) is 0.889. The van der Waals surface area contributed by atoms with Gasteiger partial charge in [-0.15, -0.1) is 24.0 Å². The second-order valence-electron chi connectivity index (χ2n) is 2.98. The van der Waals surface area contributed by atoms with Crippen LogP contribution in [0.4, 0.5) is 0 Å². The predicted molar refractivity (Wildman–Crippen MR) is 73.0 cm³/mol. The van der Waals surface area contributed by atoms with Crippen LogP contribution >= 0.6 is 24.0 Å². The van der Waals surface area contributed by atoms with Gasteiger partial charge in [0.05, 0.1) is 19.8 Å². The average Bonchev–Trinajstić information content (AvgIpc) is 2.15. The van der Waals surface area contributed by atoms with Gasteiger partial charge in [-0.25, -0.2) is 0 Å². The van der Waals surface area contributed by atoms with Crippen molar-refractivity contribution in [1.29, 1.82) is 0 Å². The van der Waals surface area contributed by atoms with Crippen molar-refractivity contribution in [3.63, 3.8) is 0 Å². The molecule has 0 radical (unpaired) electrons. The Labute approximate surface area is 109 Å². The van der Waals surface area contributed by atoms with Gasteiger partial charge >= 0.3 is 0 Å². The first-order valence-corrected chi connectivity index (χ1v) is 4.89. The zero-order chi connectivity index (χ0) is 10.8. The molecule has 0 aliphatic rings. The highest BCUT2D eigenvalue weighted by molar-refractivity contribution is 14.0. The van der Waals surface area contributed by atoms with E-state index in [1.54, 1.807) is 7.11 Å². The molecule has 0 aliphatic heterocycles. The highest BCUT2D eigenvalue weighted by Crippen LogP contribution is 1.83. The van der Waals surface area contributed by atoms with Crippen LogP contribution in [0.2, 0.25) is 0 Å². The molecule has 0 saturated carbocycles. The first-order valence-electron chi connectivity index (χ1n) is 4.89. The molecule has 0 saturated heterocycles. The van der Waals surface area contributed by atoms with Crippen LogP contribution in [0, 0.1) is 0 Å². The minimum Gasteiger partial charge on any atom is -0.394 e. The monoisotopic (exact) mass is 331 g/mol. The second kappa shape index (κ2) is 12.0. The van der Waals surface area contributed by atoms with E-state index in [2.05, 4.69) is 15.6 Å². The molecule has 6 heteroatoms. The summed E-state index contributed by atoms with van der Waals surface area (Å²) in [5.74, 6) is 0.714. The third-order valence-corrected chi connectivity index (χ3v) is 1.51. The highest BCUT2D eigenvalue weighted by Gasteiger charge is 2.03. The minimum absolute atomic E-state index is 0. The van der Waals surface area contributed by atoms with Gasteiger partial charge in [-0.3, -0.25) is 4.99 Å². The summed E-state index contributed by atoms with van der Waals surface area (Å²) >= 11 is 0. The summed E-state index contributed by atoms with van der Waals surface area (Å²) in [7, 11) is 1.66. The molecule has 5 nitrogen and oxygen atoms in total. The minimum atomic E-state index is 0. The maximum absolute atomic E-state index is 8.63. The lowest BCUT2D eigenvalue weighted by Gasteiger charge is -2.16. The zero-order valence-corrected chi connectivity index (χ0v) is 11.9. The van der Waals surface area contributed by atoms with Crippen LogP contribution in [0.1, 0.15) is 13.8 Å². The van der Waals surface area contributed by atoms with Gasteiger partial charge < -0.3 is 20.5 Å². The number of nitrogens with one attached hydrogen (secondary N) is 2. The molecular formula is C9H22IN3O2. The van der Waals surface area contributed by atoms with Gasteiger partial charge in [0, 0.05) is 19.7 Å². The van der Waals surface area contributed by atoms with E-state index in [-0.39, 0.29) is 36.6 Å². The van der Waals surface area contributed by atoms with Crippen molar-refractivity contribution in [1.82, 2.24) is 10.6 Å². The van der Waals surface area contributed by atoms with Crippen molar-refractivity contribution in [3.05, 3.63) is 0 Å². The van der Waals surface area contributed by atoms with Crippen molar-refractivity contribution in [2.75, 3.05) is 33.4 Å². The quantitative estimate of drug-likeness (QED) is 0.369. The molecule has 0 aromatic heterocycles. The SMILES string of the molecule is CCNC(=NCCO)NC(C)COC.I. The Balaban J connectivity index is 0.